The molecule has 4 nitrogen and oxygen atoms in total. The van der Waals surface area contributed by atoms with Crippen molar-refractivity contribution in [2.75, 3.05) is 19.7 Å². The number of aromatic hydroxyl groups is 1. The smallest absolute Gasteiger partial charge is 0.253 e. The van der Waals surface area contributed by atoms with Crippen LogP contribution in [0.3, 0.4) is 0 Å². The predicted molar refractivity (Wildman–Crippen MR) is 63.8 cm³/mol. The number of phenols is 1. The van der Waals surface area contributed by atoms with Crippen LogP contribution in [0, 0.1) is 5.92 Å². The van der Waals surface area contributed by atoms with Gasteiger partial charge in [-0.1, -0.05) is 0 Å². The minimum absolute atomic E-state index is 0.00504. The van der Waals surface area contributed by atoms with E-state index in [0.29, 0.717) is 11.5 Å². The number of rotatable bonds is 3. The van der Waals surface area contributed by atoms with Crippen LogP contribution in [-0.4, -0.2) is 40.7 Å². The van der Waals surface area contributed by atoms with E-state index in [2.05, 4.69) is 0 Å². The highest BCUT2D eigenvalue weighted by molar-refractivity contribution is 5.94. The van der Waals surface area contributed by atoms with Gasteiger partial charge < -0.3 is 15.1 Å². The SMILES string of the molecule is O=C(c1ccc(O)cc1)N1CCC(CCO)C1. The first-order chi connectivity index (χ1) is 8.20. The third-order valence-corrected chi connectivity index (χ3v) is 3.22. The van der Waals surface area contributed by atoms with Gasteiger partial charge in [-0.15, -0.1) is 0 Å². The Balaban J connectivity index is 1.99. The third-order valence-electron chi connectivity index (χ3n) is 3.22. The molecule has 1 amide bonds. The molecule has 0 bridgehead atoms. The molecule has 1 heterocycles. The van der Waals surface area contributed by atoms with Gasteiger partial charge >= 0.3 is 0 Å². The first-order valence-corrected chi connectivity index (χ1v) is 5.90. The summed E-state index contributed by atoms with van der Waals surface area (Å²) in [6.45, 7) is 1.66. The third kappa shape index (κ3) is 2.77. The molecule has 1 saturated heterocycles. The zero-order valence-electron chi connectivity index (χ0n) is 9.67. The summed E-state index contributed by atoms with van der Waals surface area (Å²) >= 11 is 0. The van der Waals surface area contributed by atoms with Crippen molar-refractivity contribution in [3.8, 4) is 5.75 Å². The molecule has 1 atom stereocenters. The number of carbonyl (C=O) groups is 1. The number of aliphatic hydroxyl groups is 1. The number of phenolic OH excluding ortho intramolecular Hbond substituents is 1. The Morgan fingerprint density at radius 1 is 1.35 bits per heavy atom. The lowest BCUT2D eigenvalue weighted by Gasteiger charge is -2.16. The molecule has 92 valence electrons. The second-order valence-electron chi connectivity index (χ2n) is 4.47. The number of nitrogens with zero attached hydrogens (tertiary/aromatic N) is 1. The highest BCUT2D eigenvalue weighted by Crippen LogP contribution is 2.21. The fourth-order valence-electron chi connectivity index (χ4n) is 2.22. The van der Waals surface area contributed by atoms with Crippen molar-refractivity contribution in [3.05, 3.63) is 29.8 Å². The average molecular weight is 235 g/mol. The Hall–Kier alpha value is -1.55. The van der Waals surface area contributed by atoms with Crippen LogP contribution in [0.25, 0.3) is 0 Å². The van der Waals surface area contributed by atoms with Gasteiger partial charge in [0.15, 0.2) is 0 Å². The van der Waals surface area contributed by atoms with E-state index in [4.69, 9.17) is 10.2 Å². The van der Waals surface area contributed by atoms with E-state index in [1.165, 1.54) is 12.1 Å². The van der Waals surface area contributed by atoms with Gasteiger partial charge in [0.1, 0.15) is 5.75 Å². The zero-order chi connectivity index (χ0) is 12.3. The molecule has 0 radical (unpaired) electrons. The number of hydrogen-bond acceptors (Lipinski definition) is 3. The van der Waals surface area contributed by atoms with Crippen molar-refractivity contribution < 1.29 is 15.0 Å². The Kier molecular flexibility index (Phi) is 3.64. The Morgan fingerprint density at radius 3 is 2.71 bits per heavy atom. The van der Waals surface area contributed by atoms with E-state index in [1.54, 1.807) is 12.1 Å². The molecule has 1 aromatic rings. The molecular formula is C13H17NO3. The average Bonchev–Trinajstić information content (AvgIpc) is 2.78. The Bertz CT molecular complexity index is 388. The van der Waals surface area contributed by atoms with Crippen LogP contribution >= 0.6 is 0 Å². The number of aliphatic hydroxyl groups excluding tert-OH is 1. The van der Waals surface area contributed by atoms with Crippen LogP contribution in [0.15, 0.2) is 24.3 Å². The van der Waals surface area contributed by atoms with Crippen LogP contribution in [-0.2, 0) is 0 Å². The molecular weight excluding hydrogens is 218 g/mol. The zero-order valence-corrected chi connectivity index (χ0v) is 9.67. The van der Waals surface area contributed by atoms with E-state index in [1.807, 2.05) is 4.90 Å². The summed E-state index contributed by atoms with van der Waals surface area (Å²) in [7, 11) is 0. The molecule has 1 fully saturated rings. The van der Waals surface area contributed by atoms with Crippen LogP contribution in [0.1, 0.15) is 23.2 Å². The van der Waals surface area contributed by atoms with Crippen molar-refractivity contribution in [1.29, 1.82) is 0 Å². The molecule has 4 heteroatoms. The molecule has 17 heavy (non-hydrogen) atoms. The summed E-state index contributed by atoms with van der Waals surface area (Å²) in [4.78, 5) is 13.9. The molecule has 1 aliphatic rings. The second kappa shape index (κ2) is 5.19. The molecule has 2 rings (SSSR count). The number of hydrogen-bond donors (Lipinski definition) is 2. The van der Waals surface area contributed by atoms with Crippen LogP contribution in [0.5, 0.6) is 5.75 Å². The monoisotopic (exact) mass is 235 g/mol. The van der Waals surface area contributed by atoms with Crippen molar-refractivity contribution in [3.63, 3.8) is 0 Å². The van der Waals surface area contributed by atoms with E-state index >= 15 is 0 Å². The summed E-state index contributed by atoms with van der Waals surface area (Å²) in [6, 6.07) is 6.32. The summed E-state index contributed by atoms with van der Waals surface area (Å²) in [5, 5.41) is 18.0. The maximum atomic E-state index is 12.1. The van der Waals surface area contributed by atoms with Gasteiger partial charge in [-0.25, -0.2) is 0 Å². The van der Waals surface area contributed by atoms with Gasteiger partial charge in [0, 0.05) is 25.3 Å². The first kappa shape index (κ1) is 11.9. The van der Waals surface area contributed by atoms with Crippen LogP contribution < -0.4 is 0 Å². The lowest BCUT2D eigenvalue weighted by atomic mass is 10.1. The second-order valence-corrected chi connectivity index (χ2v) is 4.47. The number of carbonyl (C=O) groups excluding carboxylic acids is 1. The topological polar surface area (TPSA) is 60.8 Å². The largest absolute Gasteiger partial charge is 0.508 e. The quantitative estimate of drug-likeness (QED) is 0.828. The highest BCUT2D eigenvalue weighted by Gasteiger charge is 2.26. The summed E-state index contributed by atoms with van der Waals surface area (Å²) in [6.07, 6.45) is 1.73. The van der Waals surface area contributed by atoms with Gasteiger partial charge in [-0.3, -0.25) is 4.79 Å². The van der Waals surface area contributed by atoms with E-state index in [0.717, 1.165) is 25.9 Å². The molecule has 1 aliphatic heterocycles. The summed E-state index contributed by atoms with van der Waals surface area (Å²) in [5.41, 5.74) is 0.604. The normalized spacial score (nSPS) is 19.6. The minimum Gasteiger partial charge on any atom is -0.508 e. The maximum absolute atomic E-state index is 12.1. The van der Waals surface area contributed by atoms with Crippen molar-refractivity contribution >= 4 is 5.91 Å². The molecule has 0 aromatic heterocycles. The Labute approximate surface area is 100 Å². The van der Waals surface area contributed by atoms with Gasteiger partial charge in [0.2, 0.25) is 0 Å². The van der Waals surface area contributed by atoms with Crippen molar-refractivity contribution in [2.45, 2.75) is 12.8 Å². The lowest BCUT2D eigenvalue weighted by molar-refractivity contribution is 0.0784. The minimum atomic E-state index is 0.00504. The van der Waals surface area contributed by atoms with Crippen molar-refractivity contribution in [2.24, 2.45) is 5.92 Å². The summed E-state index contributed by atoms with van der Waals surface area (Å²) in [5.74, 6) is 0.590. The van der Waals surface area contributed by atoms with Crippen molar-refractivity contribution in [1.82, 2.24) is 4.90 Å². The summed E-state index contributed by atoms with van der Waals surface area (Å²) < 4.78 is 0. The molecule has 2 N–H and O–H groups in total. The van der Waals surface area contributed by atoms with E-state index < -0.39 is 0 Å². The predicted octanol–water partition coefficient (Wildman–Crippen LogP) is 1.24. The van der Waals surface area contributed by atoms with Gasteiger partial charge in [-0.2, -0.15) is 0 Å². The molecule has 0 aliphatic carbocycles. The first-order valence-electron chi connectivity index (χ1n) is 5.90. The van der Waals surface area contributed by atoms with Gasteiger partial charge in [-0.05, 0) is 43.0 Å². The number of benzene rings is 1. The molecule has 1 unspecified atom stereocenters. The molecule has 0 spiro atoms. The van der Waals surface area contributed by atoms with E-state index in [9.17, 15) is 4.79 Å². The fraction of sp³-hybridized carbons (Fsp3) is 0.462. The van der Waals surface area contributed by atoms with Crippen LogP contribution in [0.4, 0.5) is 0 Å². The highest BCUT2D eigenvalue weighted by atomic mass is 16.3. The molecule has 0 saturated carbocycles. The van der Waals surface area contributed by atoms with E-state index in [-0.39, 0.29) is 18.3 Å². The maximum Gasteiger partial charge on any atom is 0.253 e. The fourth-order valence-corrected chi connectivity index (χ4v) is 2.22. The lowest BCUT2D eigenvalue weighted by Crippen LogP contribution is -2.28. The Morgan fingerprint density at radius 2 is 2.06 bits per heavy atom. The standard InChI is InChI=1S/C13H17NO3/c15-8-6-10-5-7-14(9-10)13(17)11-1-3-12(16)4-2-11/h1-4,10,15-16H,5-9H2. The van der Waals surface area contributed by atoms with Crippen LogP contribution in [0.2, 0.25) is 0 Å². The van der Waals surface area contributed by atoms with Gasteiger partial charge in [0.05, 0.1) is 0 Å². The number of amides is 1. The number of likely N-dealkylation sites (tertiary alicyclic amines) is 1. The molecule has 1 aromatic carbocycles. The van der Waals surface area contributed by atoms with Gasteiger partial charge in [0.25, 0.3) is 5.91 Å².